The van der Waals surface area contributed by atoms with E-state index in [-0.39, 0.29) is 0 Å². The summed E-state index contributed by atoms with van der Waals surface area (Å²) in [4.78, 5) is 0. The first-order valence-corrected chi connectivity index (χ1v) is 10.3. The molecule has 1 heteroatoms. The lowest BCUT2D eigenvalue weighted by Gasteiger charge is -2.30. The molecular formula is C15H26Si. The second-order valence-corrected chi connectivity index (χ2v) is 12.4. The molecule has 0 heterocycles. The van der Waals surface area contributed by atoms with Gasteiger partial charge >= 0.3 is 0 Å². The molecule has 90 valence electrons. The second-order valence-electron chi connectivity index (χ2n) is 6.87. The maximum absolute atomic E-state index is 2.69. The van der Waals surface area contributed by atoms with Gasteiger partial charge in [-0.05, 0) is 49.1 Å². The summed E-state index contributed by atoms with van der Waals surface area (Å²) in [5, 5.41) is 0.642. The van der Waals surface area contributed by atoms with E-state index in [9.17, 15) is 0 Å². The molecule has 0 unspecified atom stereocenters. The average Bonchev–Trinajstić information content (AvgIpc) is 2.91. The van der Waals surface area contributed by atoms with Crippen LogP contribution < -0.4 is 0 Å². The zero-order chi connectivity index (χ0) is 12.0. The largest absolute Gasteiger partial charge is 0.0813 e. The Kier molecular flexibility index (Phi) is 2.94. The standard InChI is InChI=1S/C15H26Si/c1-12-7-6-8-13(2)14(12)11-15(9-10-15)16(3,4)5/h7,11,13H,6,8-10H2,1-5H3/b14-11+/t13-/m1/s1. The highest BCUT2D eigenvalue weighted by atomic mass is 28.3. The normalized spacial score (nSPS) is 31.4. The van der Waals surface area contributed by atoms with Crippen molar-refractivity contribution in [1.29, 1.82) is 0 Å². The average molecular weight is 234 g/mol. The highest BCUT2D eigenvalue weighted by Crippen LogP contribution is 2.63. The molecule has 1 saturated carbocycles. The molecule has 0 radical (unpaired) electrons. The molecule has 2 aliphatic carbocycles. The van der Waals surface area contributed by atoms with Crippen LogP contribution in [0.15, 0.2) is 23.3 Å². The molecule has 2 aliphatic rings. The van der Waals surface area contributed by atoms with Crippen LogP contribution in [0.3, 0.4) is 0 Å². The van der Waals surface area contributed by atoms with Crippen LogP contribution in [0.5, 0.6) is 0 Å². The van der Waals surface area contributed by atoms with E-state index in [0.29, 0.717) is 5.04 Å². The number of rotatable bonds is 2. The molecule has 0 nitrogen and oxygen atoms in total. The summed E-state index contributed by atoms with van der Waals surface area (Å²) in [7, 11) is -1.02. The van der Waals surface area contributed by atoms with E-state index in [1.54, 1.807) is 11.1 Å². The van der Waals surface area contributed by atoms with Gasteiger partial charge in [0, 0.05) is 0 Å². The lowest BCUT2D eigenvalue weighted by molar-refractivity contribution is 0.601. The van der Waals surface area contributed by atoms with Crippen molar-refractivity contribution in [2.24, 2.45) is 5.92 Å². The maximum atomic E-state index is 2.69. The van der Waals surface area contributed by atoms with Crippen molar-refractivity contribution in [3.8, 4) is 0 Å². The van der Waals surface area contributed by atoms with Crippen LogP contribution in [-0.2, 0) is 0 Å². The highest BCUT2D eigenvalue weighted by Gasteiger charge is 2.51. The molecule has 0 bridgehead atoms. The molecule has 0 N–H and O–H groups in total. The van der Waals surface area contributed by atoms with Gasteiger partial charge in [0.05, 0.1) is 8.07 Å². The number of hydrogen-bond donors (Lipinski definition) is 0. The van der Waals surface area contributed by atoms with Crippen molar-refractivity contribution < 1.29 is 0 Å². The van der Waals surface area contributed by atoms with Gasteiger partial charge in [-0.25, -0.2) is 0 Å². The molecule has 0 saturated heterocycles. The van der Waals surface area contributed by atoms with Gasteiger partial charge in [-0.15, -0.1) is 0 Å². The fraction of sp³-hybridized carbons (Fsp3) is 0.733. The van der Waals surface area contributed by atoms with E-state index < -0.39 is 8.07 Å². The molecule has 16 heavy (non-hydrogen) atoms. The van der Waals surface area contributed by atoms with Crippen molar-refractivity contribution in [2.75, 3.05) is 0 Å². The van der Waals surface area contributed by atoms with E-state index in [1.165, 1.54) is 25.7 Å². The summed E-state index contributed by atoms with van der Waals surface area (Å²) in [6, 6.07) is 0. The molecule has 1 atom stereocenters. The highest BCUT2D eigenvalue weighted by molar-refractivity contribution is 6.80. The van der Waals surface area contributed by atoms with Gasteiger partial charge in [0.2, 0.25) is 0 Å². The van der Waals surface area contributed by atoms with Gasteiger partial charge in [-0.1, -0.05) is 44.3 Å². The Labute approximate surface area is 102 Å². The minimum absolute atomic E-state index is 0.642. The monoisotopic (exact) mass is 234 g/mol. The Bertz CT molecular complexity index is 337. The van der Waals surface area contributed by atoms with Crippen molar-refractivity contribution in [1.82, 2.24) is 0 Å². The third-order valence-corrected chi connectivity index (χ3v) is 8.38. The molecule has 0 amide bonds. The van der Waals surface area contributed by atoms with Gasteiger partial charge in [0.1, 0.15) is 0 Å². The van der Waals surface area contributed by atoms with Crippen LogP contribution in [0.25, 0.3) is 0 Å². The predicted octanol–water partition coefficient (Wildman–Crippen LogP) is 5.16. The molecular weight excluding hydrogens is 208 g/mol. The Morgan fingerprint density at radius 3 is 2.38 bits per heavy atom. The molecule has 2 rings (SSSR count). The minimum Gasteiger partial charge on any atom is -0.0813 e. The lowest BCUT2D eigenvalue weighted by atomic mass is 9.85. The smallest absolute Gasteiger partial charge is 0.0549 e. The zero-order valence-corrected chi connectivity index (χ0v) is 12.6. The first-order valence-electron chi connectivity index (χ1n) is 6.76. The maximum Gasteiger partial charge on any atom is 0.0549 e. The van der Waals surface area contributed by atoms with Crippen LogP contribution in [0, 0.1) is 5.92 Å². The molecule has 1 fully saturated rings. The van der Waals surface area contributed by atoms with Gasteiger partial charge in [-0.3, -0.25) is 0 Å². The van der Waals surface area contributed by atoms with E-state index in [2.05, 4.69) is 45.6 Å². The van der Waals surface area contributed by atoms with Gasteiger partial charge < -0.3 is 0 Å². The number of allylic oxidation sites excluding steroid dienone is 4. The van der Waals surface area contributed by atoms with Gasteiger partial charge in [0.15, 0.2) is 0 Å². The summed E-state index contributed by atoms with van der Waals surface area (Å²) < 4.78 is 0. The van der Waals surface area contributed by atoms with Crippen molar-refractivity contribution in [2.45, 2.75) is 64.2 Å². The van der Waals surface area contributed by atoms with Crippen LogP contribution in [0.2, 0.25) is 24.7 Å². The van der Waals surface area contributed by atoms with Gasteiger partial charge in [-0.2, -0.15) is 0 Å². The summed E-state index contributed by atoms with van der Waals surface area (Å²) >= 11 is 0. The topological polar surface area (TPSA) is 0 Å². The lowest BCUT2D eigenvalue weighted by Crippen LogP contribution is -2.29. The van der Waals surface area contributed by atoms with Crippen molar-refractivity contribution >= 4 is 8.07 Å². The zero-order valence-electron chi connectivity index (χ0n) is 11.6. The summed E-state index contributed by atoms with van der Waals surface area (Å²) in [6.45, 7) is 12.3. The van der Waals surface area contributed by atoms with Gasteiger partial charge in [0.25, 0.3) is 0 Å². The molecule has 0 aromatic rings. The number of hydrogen-bond acceptors (Lipinski definition) is 0. The molecule has 0 aliphatic heterocycles. The summed E-state index contributed by atoms with van der Waals surface area (Å²) in [5.74, 6) is 0.791. The van der Waals surface area contributed by atoms with E-state index >= 15 is 0 Å². The Morgan fingerprint density at radius 1 is 1.31 bits per heavy atom. The van der Waals surface area contributed by atoms with E-state index in [0.717, 1.165) is 5.92 Å². The molecule has 0 spiro atoms. The second kappa shape index (κ2) is 3.87. The minimum atomic E-state index is -1.02. The van der Waals surface area contributed by atoms with Crippen LogP contribution in [-0.4, -0.2) is 8.07 Å². The Morgan fingerprint density at radius 2 is 1.94 bits per heavy atom. The first-order chi connectivity index (χ1) is 7.36. The van der Waals surface area contributed by atoms with Crippen LogP contribution >= 0.6 is 0 Å². The predicted molar refractivity (Wildman–Crippen MR) is 75.5 cm³/mol. The quantitative estimate of drug-likeness (QED) is 0.579. The van der Waals surface area contributed by atoms with Crippen LogP contribution in [0.4, 0.5) is 0 Å². The molecule has 0 aromatic carbocycles. The van der Waals surface area contributed by atoms with Crippen molar-refractivity contribution in [3.63, 3.8) is 0 Å². The molecule has 0 aromatic heterocycles. The third-order valence-electron chi connectivity index (χ3n) is 4.75. The van der Waals surface area contributed by atoms with E-state index in [4.69, 9.17) is 0 Å². The Hall–Kier alpha value is -0.303. The third kappa shape index (κ3) is 2.07. The van der Waals surface area contributed by atoms with Crippen LogP contribution in [0.1, 0.15) is 39.5 Å². The Balaban J connectivity index is 2.30. The SMILES string of the molecule is CC1=CCC[C@@H](C)/C1=C/C1([Si](C)(C)C)CC1. The fourth-order valence-corrected chi connectivity index (χ4v) is 5.22. The summed E-state index contributed by atoms with van der Waals surface area (Å²) in [5.41, 5.74) is 3.23. The van der Waals surface area contributed by atoms with E-state index in [1.807, 2.05) is 0 Å². The fourth-order valence-electron chi connectivity index (χ4n) is 3.01. The summed E-state index contributed by atoms with van der Waals surface area (Å²) in [6.07, 6.45) is 10.7. The first kappa shape index (κ1) is 12.2. The van der Waals surface area contributed by atoms with Crippen molar-refractivity contribution in [3.05, 3.63) is 23.3 Å².